The Morgan fingerprint density at radius 1 is 1.59 bits per heavy atom. The Bertz CT molecular complexity index is 739. The SMILES string of the molecule is CC(C)c1cc(=O)n2c(n1)SCC2CC(=O)Nc1ccon1. The molecule has 7 nitrogen and oxygen atoms in total. The summed E-state index contributed by atoms with van der Waals surface area (Å²) in [6, 6.07) is 2.94. The first-order chi connectivity index (χ1) is 10.5. The number of hydrogen-bond acceptors (Lipinski definition) is 6. The summed E-state index contributed by atoms with van der Waals surface area (Å²) >= 11 is 1.51. The molecule has 8 heteroatoms. The smallest absolute Gasteiger partial charge is 0.254 e. The van der Waals surface area contributed by atoms with E-state index in [2.05, 4.69) is 20.0 Å². The van der Waals surface area contributed by atoms with Gasteiger partial charge in [-0.3, -0.25) is 14.2 Å². The second-order valence-corrected chi connectivity index (χ2v) is 6.42. The van der Waals surface area contributed by atoms with Gasteiger partial charge in [-0.1, -0.05) is 30.8 Å². The van der Waals surface area contributed by atoms with Crippen molar-refractivity contribution in [3.63, 3.8) is 0 Å². The molecule has 1 aliphatic heterocycles. The van der Waals surface area contributed by atoms with Gasteiger partial charge in [0.1, 0.15) is 6.26 Å². The van der Waals surface area contributed by atoms with Crippen LogP contribution < -0.4 is 10.9 Å². The first-order valence-corrected chi connectivity index (χ1v) is 7.99. The van der Waals surface area contributed by atoms with Crippen LogP contribution in [0.2, 0.25) is 0 Å². The van der Waals surface area contributed by atoms with Gasteiger partial charge in [-0.25, -0.2) is 4.98 Å². The molecule has 0 aliphatic carbocycles. The first kappa shape index (κ1) is 14.8. The van der Waals surface area contributed by atoms with Gasteiger partial charge >= 0.3 is 0 Å². The van der Waals surface area contributed by atoms with Gasteiger partial charge in [0.2, 0.25) is 5.91 Å². The van der Waals surface area contributed by atoms with E-state index in [-0.39, 0.29) is 29.8 Å². The Hall–Kier alpha value is -2.09. The zero-order chi connectivity index (χ0) is 15.7. The lowest BCUT2D eigenvalue weighted by atomic mass is 10.1. The molecule has 1 atom stereocenters. The van der Waals surface area contributed by atoms with Crippen LogP contribution in [0.15, 0.2) is 32.9 Å². The highest BCUT2D eigenvalue weighted by atomic mass is 32.2. The number of aromatic nitrogens is 3. The average Bonchev–Trinajstić information content (AvgIpc) is 3.09. The summed E-state index contributed by atoms with van der Waals surface area (Å²) in [5, 5.41) is 6.96. The maximum Gasteiger partial charge on any atom is 0.254 e. The van der Waals surface area contributed by atoms with Crippen LogP contribution in [0.25, 0.3) is 0 Å². The van der Waals surface area contributed by atoms with Crippen LogP contribution in [0, 0.1) is 0 Å². The fraction of sp³-hybridized carbons (Fsp3) is 0.429. The highest BCUT2D eigenvalue weighted by Gasteiger charge is 2.28. The van der Waals surface area contributed by atoms with Gasteiger partial charge in [0.05, 0.1) is 11.7 Å². The summed E-state index contributed by atoms with van der Waals surface area (Å²) in [7, 11) is 0. The van der Waals surface area contributed by atoms with E-state index in [4.69, 9.17) is 0 Å². The molecule has 2 aromatic heterocycles. The van der Waals surface area contributed by atoms with Gasteiger partial charge in [-0.05, 0) is 5.92 Å². The Labute approximate surface area is 131 Å². The van der Waals surface area contributed by atoms with Crippen molar-refractivity contribution in [2.24, 2.45) is 0 Å². The molecule has 1 unspecified atom stereocenters. The molecule has 1 aliphatic rings. The molecular weight excluding hydrogens is 304 g/mol. The summed E-state index contributed by atoms with van der Waals surface area (Å²) in [5.74, 6) is 1.04. The number of carbonyl (C=O) groups is 1. The van der Waals surface area contributed by atoms with Gasteiger partial charge in [0.15, 0.2) is 11.0 Å². The first-order valence-electron chi connectivity index (χ1n) is 7.01. The predicted octanol–water partition coefficient (Wildman–Crippen LogP) is 2.03. The molecule has 3 heterocycles. The number of nitrogens with one attached hydrogen (secondary N) is 1. The normalized spacial score (nSPS) is 16.8. The van der Waals surface area contributed by atoms with Crippen molar-refractivity contribution >= 4 is 23.5 Å². The van der Waals surface area contributed by atoms with Crippen LogP contribution in [0.4, 0.5) is 5.82 Å². The number of rotatable bonds is 4. The van der Waals surface area contributed by atoms with Gasteiger partial charge in [0, 0.05) is 24.3 Å². The predicted molar refractivity (Wildman–Crippen MR) is 82.1 cm³/mol. The van der Waals surface area contributed by atoms with Crippen molar-refractivity contribution in [2.45, 2.75) is 37.4 Å². The van der Waals surface area contributed by atoms with Crippen molar-refractivity contribution in [3.8, 4) is 0 Å². The van der Waals surface area contributed by atoms with Crippen LogP contribution >= 0.6 is 11.8 Å². The lowest BCUT2D eigenvalue weighted by Gasteiger charge is -2.13. The molecule has 3 rings (SSSR count). The molecule has 0 fully saturated rings. The summed E-state index contributed by atoms with van der Waals surface area (Å²) in [4.78, 5) is 28.8. The third-order valence-electron chi connectivity index (χ3n) is 3.43. The minimum atomic E-state index is -0.202. The van der Waals surface area contributed by atoms with E-state index in [9.17, 15) is 9.59 Å². The molecular formula is C14H16N4O3S. The topological polar surface area (TPSA) is 90.0 Å². The summed E-state index contributed by atoms with van der Waals surface area (Å²) in [6.07, 6.45) is 1.59. The monoisotopic (exact) mass is 320 g/mol. The second-order valence-electron chi connectivity index (χ2n) is 5.43. The van der Waals surface area contributed by atoms with E-state index in [1.165, 1.54) is 18.0 Å². The Kier molecular flexibility index (Phi) is 4.02. The Balaban J connectivity index is 1.77. The molecule has 1 N–H and O–H groups in total. The molecule has 0 aromatic carbocycles. The molecule has 1 amide bonds. The van der Waals surface area contributed by atoms with E-state index < -0.39 is 0 Å². The van der Waals surface area contributed by atoms with Gasteiger partial charge < -0.3 is 9.84 Å². The summed E-state index contributed by atoms with van der Waals surface area (Å²) in [5.41, 5.74) is 0.689. The maximum absolute atomic E-state index is 12.3. The molecule has 22 heavy (non-hydrogen) atoms. The average molecular weight is 320 g/mol. The van der Waals surface area contributed by atoms with Gasteiger partial charge in [-0.2, -0.15) is 0 Å². The van der Waals surface area contributed by atoms with Crippen molar-refractivity contribution in [2.75, 3.05) is 11.1 Å². The largest absolute Gasteiger partial charge is 0.363 e. The third kappa shape index (κ3) is 2.92. The van der Waals surface area contributed by atoms with Crippen molar-refractivity contribution in [3.05, 3.63) is 34.4 Å². The Morgan fingerprint density at radius 2 is 2.41 bits per heavy atom. The van der Waals surface area contributed by atoms with E-state index in [1.54, 1.807) is 16.7 Å². The summed E-state index contributed by atoms with van der Waals surface area (Å²) < 4.78 is 6.27. The molecule has 116 valence electrons. The molecule has 0 saturated heterocycles. The van der Waals surface area contributed by atoms with Crippen LogP contribution in [-0.4, -0.2) is 26.4 Å². The van der Waals surface area contributed by atoms with Crippen molar-refractivity contribution in [1.82, 2.24) is 14.7 Å². The van der Waals surface area contributed by atoms with Crippen LogP contribution in [0.5, 0.6) is 0 Å². The fourth-order valence-corrected chi connectivity index (χ4v) is 3.46. The van der Waals surface area contributed by atoms with Gasteiger partial charge in [0.25, 0.3) is 5.56 Å². The van der Waals surface area contributed by atoms with Crippen molar-refractivity contribution in [1.29, 1.82) is 0 Å². The van der Waals surface area contributed by atoms with Crippen molar-refractivity contribution < 1.29 is 9.32 Å². The third-order valence-corrected chi connectivity index (χ3v) is 4.53. The standard InChI is InChI=1S/C14H16N4O3S/c1-8(2)10-6-13(20)18-9(7-22-14(18)15-10)5-12(19)16-11-3-4-21-17-11/h3-4,6,8-9H,5,7H2,1-2H3,(H,16,17,19). The zero-order valence-corrected chi connectivity index (χ0v) is 13.1. The number of carbonyl (C=O) groups excluding carboxylic acids is 1. The zero-order valence-electron chi connectivity index (χ0n) is 12.3. The second kappa shape index (κ2) is 5.96. The number of hydrogen-bond donors (Lipinski definition) is 1. The highest BCUT2D eigenvalue weighted by Crippen LogP contribution is 2.32. The number of thioether (sulfide) groups is 1. The number of anilines is 1. The highest BCUT2D eigenvalue weighted by molar-refractivity contribution is 7.99. The summed E-state index contributed by atoms with van der Waals surface area (Å²) in [6.45, 7) is 4.00. The minimum absolute atomic E-state index is 0.0991. The van der Waals surface area contributed by atoms with E-state index in [0.29, 0.717) is 16.7 Å². The fourth-order valence-electron chi connectivity index (χ4n) is 2.30. The van der Waals surface area contributed by atoms with Crippen LogP contribution in [-0.2, 0) is 4.79 Å². The molecule has 2 aromatic rings. The quantitative estimate of drug-likeness (QED) is 0.867. The molecule has 0 saturated carbocycles. The minimum Gasteiger partial charge on any atom is -0.363 e. The lowest BCUT2D eigenvalue weighted by molar-refractivity contribution is -0.116. The molecule has 0 bridgehead atoms. The molecule has 0 radical (unpaired) electrons. The van der Waals surface area contributed by atoms with E-state index >= 15 is 0 Å². The maximum atomic E-state index is 12.3. The van der Waals surface area contributed by atoms with Crippen LogP contribution in [0.3, 0.4) is 0 Å². The number of fused-ring (bicyclic) bond motifs is 1. The molecule has 0 spiro atoms. The van der Waals surface area contributed by atoms with Gasteiger partial charge in [-0.15, -0.1) is 0 Å². The Morgan fingerprint density at radius 3 is 3.09 bits per heavy atom. The van der Waals surface area contributed by atoms with E-state index in [0.717, 1.165) is 5.69 Å². The van der Waals surface area contributed by atoms with Crippen LogP contribution in [0.1, 0.15) is 37.9 Å². The lowest BCUT2D eigenvalue weighted by Crippen LogP contribution is -2.28. The number of nitrogens with zero attached hydrogens (tertiary/aromatic N) is 3. The number of amides is 1. The van der Waals surface area contributed by atoms with E-state index in [1.807, 2.05) is 13.8 Å².